The summed E-state index contributed by atoms with van der Waals surface area (Å²) in [5.41, 5.74) is 0.999. The third kappa shape index (κ3) is 5.61. The van der Waals surface area contributed by atoms with Gasteiger partial charge in [-0.3, -0.25) is 0 Å². The molecule has 96 valence electrons. The number of rotatable bonds is 7. The lowest BCUT2D eigenvalue weighted by Gasteiger charge is -2.17. The molecule has 0 spiro atoms. The van der Waals surface area contributed by atoms with E-state index in [0.717, 1.165) is 29.4 Å². The molecule has 1 atom stereocenters. The van der Waals surface area contributed by atoms with Crippen LogP contribution in [0.2, 0.25) is 0 Å². The van der Waals surface area contributed by atoms with Crippen LogP contribution in [0.4, 0.5) is 4.39 Å². The van der Waals surface area contributed by atoms with Crippen molar-refractivity contribution in [1.82, 2.24) is 5.32 Å². The first-order chi connectivity index (χ1) is 8.15. The maximum atomic E-state index is 13.2. The van der Waals surface area contributed by atoms with E-state index in [1.165, 1.54) is 6.07 Å². The Morgan fingerprint density at radius 3 is 2.76 bits per heavy atom. The lowest BCUT2D eigenvalue weighted by atomic mass is 10.0. The molecular formula is C13H19BrFNO. The zero-order valence-electron chi connectivity index (χ0n) is 10.3. The normalized spacial score (nSPS) is 12.7. The van der Waals surface area contributed by atoms with E-state index in [9.17, 15) is 4.39 Å². The molecule has 0 fully saturated rings. The molecule has 0 saturated heterocycles. The highest BCUT2D eigenvalue weighted by Crippen LogP contribution is 2.16. The Morgan fingerprint density at radius 1 is 1.41 bits per heavy atom. The van der Waals surface area contributed by atoms with Gasteiger partial charge in [-0.2, -0.15) is 0 Å². The maximum Gasteiger partial charge on any atom is 0.124 e. The second kappa shape index (κ2) is 7.80. The summed E-state index contributed by atoms with van der Waals surface area (Å²) in [6.45, 7) is 3.69. The first-order valence-corrected chi connectivity index (χ1v) is 6.62. The molecule has 0 heterocycles. The quantitative estimate of drug-likeness (QED) is 0.835. The Balaban J connectivity index is 2.63. The predicted molar refractivity (Wildman–Crippen MR) is 71.8 cm³/mol. The second-order valence-corrected chi connectivity index (χ2v) is 4.93. The highest BCUT2D eigenvalue weighted by Gasteiger charge is 2.09. The van der Waals surface area contributed by atoms with Crippen molar-refractivity contribution in [3.05, 3.63) is 34.1 Å². The van der Waals surface area contributed by atoms with Crippen LogP contribution in [0.1, 0.15) is 18.9 Å². The topological polar surface area (TPSA) is 21.3 Å². The Labute approximate surface area is 111 Å². The van der Waals surface area contributed by atoms with E-state index in [2.05, 4.69) is 28.2 Å². The first kappa shape index (κ1) is 14.6. The molecule has 1 N–H and O–H groups in total. The van der Waals surface area contributed by atoms with Crippen LogP contribution in [0.25, 0.3) is 0 Å². The number of likely N-dealkylation sites (N-methyl/N-ethyl adjacent to an activating group) is 1. The number of ether oxygens (including phenoxy) is 1. The second-order valence-electron chi connectivity index (χ2n) is 4.02. The third-order valence-corrected chi connectivity index (χ3v) is 3.03. The predicted octanol–water partition coefficient (Wildman–Crippen LogP) is 3.15. The van der Waals surface area contributed by atoms with E-state index in [-0.39, 0.29) is 5.82 Å². The first-order valence-electron chi connectivity index (χ1n) is 5.83. The molecule has 1 aromatic carbocycles. The largest absolute Gasteiger partial charge is 0.385 e. The van der Waals surface area contributed by atoms with Crippen LogP contribution in [0, 0.1) is 5.82 Å². The van der Waals surface area contributed by atoms with Crippen molar-refractivity contribution >= 4 is 15.9 Å². The fraction of sp³-hybridized carbons (Fsp3) is 0.538. The molecule has 4 heteroatoms. The Hall–Kier alpha value is -0.450. The summed E-state index contributed by atoms with van der Waals surface area (Å²) in [6.07, 6.45) is 1.74. The van der Waals surface area contributed by atoms with E-state index in [0.29, 0.717) is 12.6 Å². The number of halogens is 2. The van der Waals surface area contributed by atoms with Crippen molar-refractivity contribution < 1.29 is 9.13 Å². The molecule has 0 saturated carbocycles. The Bertz CT molecular complexity index is 326. The highest BCUT2D eigenvalue weighted by molar-refractivity contribution is 9.10. The van der Waals surface area contributed by atoms with Gasteiger partial charge in [0.2, 0.25) is 0 Å². The average Bonchev–Trinajstić information content (AvgIpc) is 2.24. The lowest BCUT2D eigenvalue weighted by Crippen LogP contribution is -2.32. The molecule has 0 bridgehead atoms. The molecule has 1 rings (SSSR count). The summed E-state index contributed by atoms with van der Waals surface area (Å²) in [5, 5.41) is 3.39. The fourth-order valence-electron chi connectivity index (χ4n) is 1.84. The van der Waals surface area contributed by atoms with Crippen LogP contribution in [0.5, 0.6) is 0 Å². The molecule has 0 aromatic heterocycles. The van der Waals surface area contributed by atoms with Crippen LogP contribution in [0.15, 0.2) is 22.7 Å². The van der Waals surface area contributed by atoms with E-state index < -0.39 is 0 Å². The van der Waals surface area contributed by atoms with E-state index in [1.54, 1.807) is 13.2 Å². The zero-order valence-corrected chi connectivity index (χ0v) is 11.9. The maximum absolute atomic E-state index is 13.2. The molecule has 0 amide bonds. The molecule has 1 unspecified atom stereocenters. The molecule has 0 radical (unpaired) electrons. The summed E-state index contributed by atoms with van der Waals surface area (Å²) in [4.78, 5) is 0. The number of methoxy groups -OCH3 is 1. The number of nitrogens with one attached hydrogen (secondary N) is 1. The van der Waals surface area contributed by atoms with Crippen LogP contribution in [0.3, 0.4) is 0 Å². The van der Waals surface area contributed by atoms with Gasteiger partial charge in [0, 0.05) is 24.2 Å². The molecule has 17 heavy (non-hydrogen) atoms. The summed E-state index contributed by atoms with van der Waals surface area (Å²) >= 11 is 3.31. The summed E-state index contributed by atoms with van der Waals surface area (Å²) < 4.78 is 19.1. The van der Waals surface area contributed by atoms with Crippen LogP contribution >= 0.6 is 15.9 Å². The minimum absolute atomic E-state index is 0.198. The van der Waals surface area contributed by atoms with Crippen molar-refractivity contribution in [2.24, 2.45) is 0 Å². The molecular weight excluding hydrogens is 285 g/mol. The van der Waals surface area contributed by atoms with Crippen molar-refractivity contribution in [3.8, 4) is 0 Å². The molecule has 0 aliphatic heterocycles. The summed E-state index contributed by atoms with van der Waals surface area (Å²) in [7, 11) is 1.70. The average molecular weight is 304 g/mol. The van der Waals surface area contributed by atoms with Gasteiger partial charge in [0.05, 0.1) is 0 Å². The SMILES string of the molecule is CCNC(CCOC)Cc1cc(F)cc(Br)c1. The molecule has 1 aromatic rings. The van der Waals surface area contributed by atoms with Crippen molar-refractivity contribution in [1.29, 1.82) is 0 Å². The van der Waals surface area contributed by atoms with Gasteiger partial charge in [0.25, 0.3) is 0 Å². The summed E-state index contributed by atoms with van der Waals surface area (Å²) in [6, 6.07) is 5.34. The Morgan fingerprint density at radius 2 is 2.18 bits per heavy atom. The van der Waals surface area contributed by atoms with Crippen molar-refractivity contribution in [2.45, 2.75) is 25.8 Å². The summed E-state index contributed by atoms with van der Waals surface area (Å²) in [5.74, 6) is -0.198. The van der Waals surface area contributed by atoms with Gasteiger partial charge in [0.15, 0.2) is 0 Å². The van der Waals surface area contributed by atoms with Gasteiger partial charge in [0.1, 0.15) is 5.82 Å². The zero-order chi connectivity index (χ0) is 12.7. The van der Waals surface area contributed by atoms with Gasteiger partial charge >= 0.3 is 0 Å². The smallest absolute Gasteiger partial charge is 0.124 e. The van der Waals surface area contributed by atoms with Gasteiger partial charge < -0.3 is 10.1 Å². The van der Waals surface area contributed by atoms with Gasteiger partial charge in [-0.05, 0) is 43.1 Å². The number of hydrogen-bond donors (Lipinski definition) is 1. The minimum atomic E-state index is -0.198. The number of benzene rings is 1. The molecule has 2 nitrogen and oxygen atoms in total. The minimum Gasteiger partial charge on any atom is -0.385 e. The lowest BCUT2D eigenvalue weighted by molar-refractivity contribution is 0.183. The van der Waals surface area contributed by atoms with Gasteiger partial charge in [-0.25, -0.2) is 4.39 Å². The van der Waals surface area contributed by atoms with Crippen molar-refractivity contribution in [3.63, 3.8) is 0 Å². The van der Waals surface area contributed by atoms with Crippen LogP contribution in [-0.2, 0) is 11.2 Å². The molecule has 0 aliphatic carbocycles. The standard InChI is InChI=1S/C13H19BrFNO/c1-3-16-13(4-5-17-2)8-10-6-11(14)9-12(15)7-10/h6-7,9,13,16H,3-5,8H2,1-2H3. The van der Waals surface area contributed by atoms with E-state index in [1.807, 2.05) is 6.07 Å². The molecule has 0 aliphatic rings. The monoisotopic (exact) mass is 303 g/mol. The van der Waals surface area contributed by atoms with E-state index >= 15 is 0 Å². The van der Waals surface area contributed by atoms with Crippen LogP contribution in [-0.4, -0.2) is 26.3 Å². The van der Waals surface area contributed by atoms with Crippen LogP contribution < -0.4 is 5.32 Å². The van der Waals surface area contributed by atoms with Gasteiger partial charge in [-0.15, -0.1) is 0 Å². The fourth-order valence-corrected chi connectivity index (χ4v) is 2.35. The van der Waals surface area contributed by atoms with Crippen molar-refractivity contribution in [2.75, 3.05) is 20.3 Å². The Kier molecular flexibility index (Phi) is 6.70. The highest BCUT2D eigenvalue weighted by atomic mass is 79.9. The number of hydrogen-bond acceptors (Lipinski definition) is 2. The van der Waals surface area contributed by atoms with E-state index in [4.69, 9.17) is 4.74 Å². The third-order valence-electron chi connectivity index (χ3n) is 2.57. The van der Waals surface area contributed by atoms with Gasteiger partial charge in [-0.1, -0.05) is 22.9 Å².